The Morgan fingerprint density at radius 1 is 0.968 bits per heavy atom. The van der Waals surface area contributed by atoms with Crippen molar-refractivity contribution in [2.24, 2.45) is 0 Å². The molecule has 0 aliphatic carbocycles. The fourth-order valence-electron chi connectivity index (χ4n) is 3.65. The van der Waals surface area contributed by atoms with Crippen LogP contribution in [0.1, 0.15) is 22.7 Å². The molecule has 0 aromatic heterocycles. The smallest absolute Gasteiger partial charge is 0.263 e. The van der Waals surface area contributed by atoms with Gasteiger partial charge in [-0.3, -0.25) is 9.10 Å². The van der Waals surface area contributed by atoms with E-state index in [-0.39, 0.29) is 18.5 Å². The Bertz CT molecular complexity index is 1180. The zero-order valence-electron chi connectivity index (χ0n) is 17.4. The van der Waals surface area contributed by atoms with Crippen LogP contribution in [0.5, 0.6) is 5.75 Å². The first kappa shape index (κ1) is 20.9. The predicted octanol–water partition coefficient (Wildman–Crippen LogP) is 3.43. The summed E-state index contributed by atoms with van der Waals surface area (Å²) in [5, 5.41) is 3.06. The fourth-order valence-corrected chi connectivity index (χ4v) is 4.57. The van der Waals surface area contributed by atoms with Crippen LogP contribution in [0.3, 0.4) is 0 Å². The lowest BCUT2D eigenvalue weighted by Gasteiger charge is -2.34. The first-order valence-electron chi connectivity index (χ1n) is 9.98. The first-order chi connectivity index (χ1) is 14.8. The number of hydrogen-bond donors (Lipinski definition) is 1. The third-order valence-electron chi connectivity index (χ3n) is 5.26. The van der Waals surface area contributed by atoms with Gasteiger partial charge in [-0.1, -0.05) is 72.3 Å². The molecule has 1 aliphatic heterocycles. The summed E-state index contributed by atoms with van der Waals surface area (Å²) in [4.78, 5) is 13.2. The van der Waals surface area contributed by atoms with Crippen molar-refractivity contribution in [3.63, 3.8) is 0 Å². The number of nitrogens with one attached hydrogen (secondary N) is 1. The van der Waals surface area contributed by atoms with E-state index in [4.69, 9.17) is 4.74 Å². The van der Waals surface area contributed by atoms with Gasteiger partial charge in [0, 0.05) is 0 Å². The molecule has 2 unspecified atom stereocenters. The maximum absolute atomic E-state index is 13.2. The van der Waals surface area contributed by atoms with Crippen LogP contribution < -0.4 is 14.4 Å². The number of carbonyl (C=O) groups excluding carboxylic acids is 1. The molecule has 1 N–H and O–H groups in total. The number of ether oxygens (including phenoxy) is 1. The van der Waals surface area contributed by atoms with Gasteiger partial charge in [-0.05, 0) is 30.2 Å². The third kappa shape index (κ3) is 4.56. The van der Waals surface area contributed by atoms with Crippen LogP contribution in [0.15, 0.2) is 78.9 Å². The minimum atomic E-state index is -3.57. The summed E-state index contributed by atoms with van der Waals surface area (Å²) >= 11 is 0. The Morgan fingerprint density at radius 2 is 1.58 bits per heavy atom. The number of benzene rings is 3. The quantitative estimate of drug-likeness (QED) is 0.665. The molecule has 1 amide bonds. The van der Waals surface area contributed by atoms with E-state index in [0.717, 1.165) is 22.9 Å². The van der Waals surface area contributed by atoms with Crippen LogP contribution in [-0.4, -0.2) is 33.2 Å². The topological polar surface area (TPSA) is 75.7 Å². The molecule has 0 spiro atoms. The predicted molar refractivity (Wildman–Crippen MR) is 121 cm³/mol. The summed E-state index contributed by atoms with van der Waals surface area (Å²) in [6.45, 7) is 1.92. The standard InChI is InChI=1S/C24H24N2O4S/c1-17-12-14-19(15-13-17)23(18-8-4-3-5-9-18)25-24(27)22-16-26(31(2,28)29)20-10-6-7-11-21(20)30-22/h3-15,22-23H,16H2,1-2H3,(H,25,27). The Balaban J connectivity index is 1.64. The maximum Gasteiger partial charge on any atom is 0.263 e. The number of hydrogen-bond acceptors (Lipinski definition) is 4. The summed E-state index contributed by atoms with van der Waals surface area (Å²) in [5.41, 5.74) is 3.42. The summed E-state index contributed by atoms with van der Waals surface area (Å²) in [7, 11) is -3.57. The average Bonchev–Trinajstić information content (AvgIpc) is 2.77. The summed E-state index contributed by atoms with van der Waals surface area (Å²) in [6, 6.07) is 24.0. The Morgan fingerprint density at radius 3 is 2.26 bits per heavy atom. The van der Waals surface area contributed by atoms with Crippen LogP contribution in [0.25, 0.3) is 0 Å². The zero-order valence-corrected chi connectivity index (χ0v) is 18.2. The molecule has 4 rings (SSSR count). The number of fused-ring (bicyclic) bond motifs is 1. The Kier molecular flexibility index (Phi) is 5.69. The van der Waals surface area contributed by atoms with Gasteiger partial charge in [-0.15, -0.1) is 0 Å². The van der Waals surface area contributed by atoms with Crippen molar-refractivity contribution in [2.45, 2.75) is 19.1 Å². The largest absolute Gasteiger partial charge is 0.476 e. The maximum atomic E-state index is 13.2. The number of aryl methyl sites for hydroxylation is 1. The van der Waals surface area contributed by atoms with Crippen LogP contribution in [0.2, 0.25) is 0 Å². The van der Waals surface area contributed by atoms with Gasteiger partial charge < -0.3 is 10.1 Å². The van der Waals surface area contributed by atoms with Gasteiger partial charge in [-0.25, -0.2) is 8.42 Å². The Labute approximate surface area is 182 Å². The van der Waals surface area contributed by atoms with Crippen molar-refractivity contribution in [3.8, 4) is 5.75 Å². The molecule has 3 aromatic carbocycles. The SMILES string of the molecule is Cc1ccc(C(NC(=O)C2CN(S(C)(=O)=O)c3ccccc3O2)c2ccccc2)cc1. The lowest BCUT2D eigenvalue weighted by atomic mass is 9.97. The monoisotopic (exact) mass is 436 g/mol. The van der Waals surface area contributed by atoms with Crippen molar-refractivity contribution < 1.29 is 17.9 Å². The molecular weight excluding hydrogens is 412 g/mol. The second-order valence-corrected chi connectivity index (χ2v) is 9.54. The molecule has 0 saturated heterocycles. The van der Waals surface area contributed by atoms with E-state index in [9.17, 15) is 13.2 Å². The number of rotatable bonds is 5. The lowest BCUT2D eigenvalue weighted by molar-refractivity contribution is -0.128. The number of para-hydroxylation sites is 2. The van der Waals surface area contributed by atoms with Crippen LogP contribution >= 0.6 is 0 Å². The molecule has 160 valence electrons. The van der Waals surface area contributed by atoms with Crippen molar-refractivity contribution >= 4 is 21.6 Å². The summed E-state index contributed by atoms with van der Waals surface area (Å²) in [6.07, 6.45) is 0.157. The van der Waals surface area contributed by atoms with Gasteiger partial charge in [0.05, 0.1) is 24.5 Å². The highest BCUT2D eigenvalue weighted by atomic mass is 32.2. The molecule has 0 fully saturated rings. The lowest BCUT2D eigenvalue weighted by Crippen LogP contribution is -2.51. The van der Waals surface area contributed by atoms with Gasteiger partial charge >= 0.3 is 0 Å². The van der Waals surface area contributed by atoms with Crippen molar-refractivity contribution in [2.75, 3.05) is 17.1 Å². The zero-order chi connectivity index (χ0) is 22.0. The van der Waals surface area contributed by atoms with Gasteiger partial charge in [0.1, 0.15) is 5.75 Å². The molecule has 3 aromatic rings. The molecule has 1 heterocycles. The van der Waals surface area contributed by atoms with E-state index >= 15 is 0 Å². The first-order valence-corrected chi connectivity index (χ1v) is 11.8. The van der Waals surface area contributed by atoms with Crippen molar-refractivity contribution in [3.05, 3.63) is 95.6 Å². The van der Waals surface area contributed by atoms with E-state index in [0.29, 0.717) is 11.4 Å². The number of nitrogens with zero attached hydrogens (tertiary/aromatic N) is 1. The van der Waals surface area contributed by atoms with E-state index in [2.05, 4.69) is 5.32 Å². The molecule has 2 atom stereocenters. The second-order valence-electron chi connectivity index (χ2n) is 7.63. The average molecular weight is 437 g/mol. The van der Waals surface area contributed by atoms with Crippen molar-refractivity contribution in [1.82, 2.24) is 5.32 Å². The van der Waals surface area contributed by atoms with E-state index in [1.165, 1.54) is 4.31 Å². The molecule has 0 radical (unpaired) electrons. The Hall–Kier alpha value is -3.32. The number of sulfonamides is 1. The van der Waals surface area contributed by atoms with Crippen molar-refractivity contribution in [1.29, 1.82) is 0 Å². The number of anilines is 1. The second kappa shape index (κ2) is 8.43. The third-order valence-corrected chi connectivity index (χ3v) is 6.40. The molecule has 7 heteroatoms. The molecule has 1 aliphatic rings. The number of carbonyl (C=O) groups is 1. The molecule has 0 saturated carbocycles. The number of amides is 1. The minimum Gasteiger partial charge on any atom is -0.476 e. The van der Waals surface area contributed by atoms with E-state index < -0.39 is 16.1 Å². The minimum absolute atomic E-state index is 0.0862. The summed E-state index contributed by atoms with van der Waals surface area (Å²) < 4.78 is 31.8. The van der Waals surface area contributed by atoms with Gasteiger partial charge in [0.15, 0.2) is 6.10 Å². The van der Waals surface area contributed by atoms with E-state index in [1.54, 1.807) is 24.3 Å². The highest BCUT2D eigenvalue weighted by Gasteiger charge is 2.35. The van der Waals surface area contributed by atoms with Crippen LogP contribution in [0.4, 0.5) is 5.69 Å². The van der Waals surface area contributed by atoms with Gasteiger partial charge in [0.2, 0.25) is 10.0 Å². The molecule has 0 bridgehead atoms. The molecule has 31 heavy (non-hydrogen) atoms. The fraction of sp³-hybridized carbons (Fsp3) is 0.208. The van der Waals surface area contributed by atoms with Crippen LogP contribution in [0, 0.1) is 6.92 Å². The highest BCUT2D eigenvalue weighted by molar-refractivity contribution is 7.92. The molecule has 6 nitrogen and oxygen atoms in total. The normalized spacial score (nSPS) is 16.7. The van der Waals surface area contributed by atoms with E-state index in [1.807, 2.05) is 61.5 Å². The summed E-state index contributed by atoms with van der Waals surface area (Å²) in [5.74, 6) is -0.0106. The van der Waals surface area contributed by atoms with Crippen LogP contribution in [-0.2, 0) is 14.8 Å². The van der Waals surface area contributed by atoms with Gasteiger partial charge in [0.25, 0.3) is 5.91 Å². The highest BCUT2D eigenvalue weighted by Crippen LogP contribution is 2.35. The van der Waals surface area contributed by atoms with Gasteiger partial charge in [-0.2, -0.15) is 0 Å². The molecular formula is C24H24N2O4S.